The van der Waals surface area contributed by atoms with Crippen LogP contribution in [0.15, 0.2) is 36.7 Å². The molecule has 1 aromatic carbocycles. The van der Waals surface area contributed by atoms with E-state index in [1.165, 1.54) is 12.1 Å². The summed E-state index contributed by atoms with van der Waals surface area (Å²) in [4.78, 5) is 10.5. The van der Waals surface area contributed by atoms with E-state index in [0.717, 1.165) is 16.5 Å². The number of hydrogen-bond acceptors (Lipinski definition) is 3. The average molecular weight is 310 g/mol. The van der Waals surface area contributed by atoms with Gasteiger partial charge >= 0.3 is 0 Å². The Balaban J connectivity index is 2.06. The number of aromatic nitrogens is 2. The summed E-state index contributed by atoms with van der Waals surface area (Å²) in [5.74, 6) is 0.434. The molecule has 0 fully saturated rings. The minimum absolute atomic E-state index is 0.223. The van der Waals surface area contributed by atoms with Crippen LogP contribution in [-0.4, -0.2) is 17.0 Å². The molecule has 1 heterocycles. The largest absolute Gasteiger partial charge is 0.340 e. The molecule has 2 rings (SSSR count). The lowest BCUT2D eigenvalue weighted by Gasteiger charge is -2.16. The van der Waals surface area contributed by atoms with Crippen molar-refractivity contribution in [2.75, 3.05) is 11.9 Å². The summed E-state index contributed by atoms with van der Waals surface area (Å²) in [6, 6.07) is 6.44. The second-order valence-corrected chi connectivity index (χ2v) is 4.57. The van der Waals surface area contributed by atoms with E-state index < -0.39 is 0 Å². The number of alkyl halides is 1. The highest BCUT2D eigenvalue weighted by atomic mass is 79.9. The fraction of sp³-hybridized carbons (Fsp3) is 0.231. The summed E-state index contributed by atoms with van der Waals surface area (Å²) in [5, 5.41) is 0.745. The van der Waals surface area contributed by atoms with E-state index in [2.05, 4.69) is 25.9 Å². The molecule has 0 spiro atoms. The number of halogens is 2. The predicted molar refractivity (Wildman–Crippen MR) is 73.2 cm³/mol. The van der Waals surface area contributed by atoms with Crippen LogP contribution in [0.1, 0.15) is 11.1 Å². The molecule has 0 bridgehead atoms. The number of anilines is 1. The zero-order chi connectivity index (χ0) is 13.0. The van der Waals surface area contributed by atoms with E-state index in [4.69, 9.17) is 0 Å². The lowest BCUT2D eigenvalue weighted by Crippen LogP contribution is -2.19. The van der Waals surface area contributed by atoms with Gasteiger partial charge in [0.2, 0.25) is 5.95 Å². The highest BCUT2D eigenvalue weighted by molar-refractivity contribution is 9.08. The van der Waals surface area contributed by atoms with Crippen molar-refractivity contribution in [2.45, 2.75) is 11.9 Å². The van der Waals surface area contributed by atoms with Crippen molar-refractivity contribution in [3.05, 3.63) is 53.6 Å². The van der Waals surface area contributed by atoms with E-state index in [-0.39, 0.29) is 5.82 Å². The van der Waals surface area contributed by atoms with E-state index in [1.54, 1.807) is 24.5 Å². The maximum absolute atomic E-state index is 12.8. The summed E-state index contributed by atoms with van der Waals surface area (Å²) in [6.07, 6.45) is 3.58. The van der Waals surface area contributed by atoms with Crippen LogP contribution in [0.4, 0.5) is 10.3 Å². The molecular formula is C13H13BrFN3. The van der Waals surface area contributed by atoms with Crippen LogP contribution in [0.5, 0.6) is 0 Å². The fourth-order valence-electron chi connectivity index (χ4n) is 1.55. The van der Waals surface area contributed by atoms with E-state index in [0.29, 0.717) is 12.5 Å². The molecule has 0 unspecified atom stereocenters. The first kappa shape index (κ1) is 13.0. The van der Waals surface area contributed by atoms with Gasteiger partial charge in [-0.3, -0.25) is 0 Å². The molecule has 0 N–H and O–H groups in total. The fourth-order valence-corrected chi connectivity index (χ4v) is 1.84. The molecule has 1 aromatic heterocycles. The second kappa shape index (κ2) is 5.91. The quantitative estimate of drug-likeness (QED) is 0.812. The van der Waals surface area contributed by atoms with Crippen molar-refractivity contribution < 1.29 is 4.39 Å². The first-order valence-electron chi connectivity index (χ1n) is 5.51. The molecule has 2 aromatic rings. The normalized spacial score (nSPS) is 10.4. The summed E-state index contributed by atoms with van der Waals surface area (Å²) in [7, 11) is 1.91. The highest BCUT2D eigenvalue weighted by Crippen LogP contribution is 2.11. The van der Waals surface area contributed by atoms with Gasteiger partial charge in [-0.15, -0.1) is 0 Å². The Morgan fingerprint density at radius 2 is 1.72 bits per heavy atom. The molecule has 0 atom stereocenters. The number of nitrogens with zero attached hydrogens (tertiary/aromatic N) is 3. The molecule has 0 amide bonds. The van der Waals surface area contributed by atoms with E-state index >= 15 is 0 Å². The van der Waals surface area contributed by atoms with Gasteiger partial charge in [-0.1, -0.05) is 28.1 Å². The zero-order valence-electron chi connectivity index (χ0n) is 9.98. The molecule has 0 aliphatic heterocycles. The summed E-state index contributed by atoms with van der Waals surface area (Å²) >= 11 is 3.35. The van der Waals surface area contributed by atoms with Crippen LogP contribution in [0.2, 0.25) is 0 Å². The van der Waals surface area contributed by atoms with Gasteiger partial charge in [-0.25, -0.2) is 14.4 Å². The third kappa shape index (κ3) is 3.26. The third-order valence-electron chi connectivity index (χ3n) is 2.52. The number of benzene rings is 1. The number of rotatable bonds is 4. The molecule has 0 aliphatic carbocycles. The van der Waals surface area contributed by atoms with Gasteiger partial charge < -0.3 is 4.90 Å². The van der Waals surface area contributed by atoms with Crippen LogP contribution in [0.25, 0.3) is 0 Å². The molecular weight excluding hydrogens is 297 g/mol. The summed E-state index contributed by atoms with van der Waals surface area (Å²) in [6.45, 7) is 0.647. The molecule has 0 aliphatic rings. The third-order valence-corrected chi connectivity index (χ3v) is 3.17. The van der Waals surface area contributed by atoms with Gasteiger partial charge in [0, 0.05) is 31.3 Å². The van der Waals surface area contributed by atoms with Crippen molar-refractivity contribution in [1.82, 2.24) is 9.97 Å². The predicted octanol–water partition coefficient (Wildman–Crippen LogP) is 3.15. The van der Waals surface area contributed by atoms with Gasteiger partial charge in [0.15, 0.2) is 0 Å². The second-order valence-electron chi connectivity index (χ2n) is 4.01. The van der Waals surface area contributed by atoms with Crippen molar-refractivity contribution in [2.24, 2.45) is 0 Å². The molecule has 94 valence electrons. The molecule has 5 heteroatoms. The van der Waals surface area contributed by atoms with Gasteiger partial charge in [0.1, 0.15) is 5.82 Å². The topological polar surface area (TPSA) is 29.0 Å². The van der Waals surface area contributed by atoms with Crippen LogP contribution in [0, 0.1) is 5.82 Å². The monoisotopic (exact) mass is 309 g/mol. The number of hydrogen-bond donors (Lipinski definition) is 0. The van der Waals surface area contributed by atoms with E-state index in [1.807, 2.05) is 11.9 Å². The minimum Gasteiger partial charge on any atom is -0.340 e. The molecule has 18 heavy (non-hydrogen) atoms. The van der Waals surface area contributed by atoms with Crippen molar-refractivity contribution in [1.29, 1.82) is 0 Å². The maximum Gasteiger partial charge on any atom is 0.225 e. The van der Waals surface area contributed by atoms with E-state index in [9.17, 15) is 4.39 Å². The Hall–Kier alpha value is -1.49. The van der Waals surface area contributed by atoms with Crippen molar-refractivity contribution in [3.8, 4) is 0 Å². The molecule has 0 saturated carbocycles. The Bertz CT molecular complexity index is 499. The Morgan fingerprint density at radius 1 is 1.11 bits per heavy atom. The summed E-state index contributed by atoms with van der Waals surface area (Å²) < 4.78 is 12.8. The first-order valence-corrected chi connectivity index (χ1v) is 6.63. The van der Waals surface area contributed by atoms with Gasteiger partial charge in [0.05, 0.1) is 0 Å². The standard InChI is InChI=1S/C13H13BrFN3/c1-18(9-10-2-4-12(15)5-3-10)13-16-7-11(6-14)8-17-13/h2-5,7-8H,6,9H2,1H3. The SMILES string of the molecule is CN(Cc1ccc(F)cc1)c1ncc(CBr)cn1. The van der Waals surface area contributed by atoms with Crippen molar-refractivity contribution in [3.63, 3.8) is 0 Å². The van der Waals surface area contributed by atoms with Crippen LogP contribution < -0.4 is 4.90 Å². The van der Waals surface area contributed by atoms with Gasteiger partial charge in [-0.05, 0) is 23.3 Å². The molecule has 0 saturated heterocycles. The average Bonchev–Trinajstić information content (AvgIpc) is 2.41. The molecule has 0 radical (unpaired) electrons. The Kier molecular flexibility index (Phi) is 4.25. The summed E-state index contributed by atoms with van der Waals surface area (Å²) in [5.41, 5.74) is 2.06. The van der Waals surface area contributed by atoms with Crippen LogP contribution in [-0.2, 0) is 11.9 Å². The zero-order valence-corrected chi connectivity index (χ0v) is 11.6. The van der Waals surface area contributed by atoms with Crippen LogP contribution in [0.3, 0.4) is 0 Å². The van der Waals surface area contributed by atoms with Gasteiger partial charge in [0.25, 0.3) is 0 Å². The Labute approximate surface area is 114 Å². The van der Waals surface area contributed by atoms with Crippen molar-refractivity contribution >= 4 is 21.9 Å². The highest BCUT2D eigenvalue weighted by Gasteiger charge is 2.05. The first-order chi connectivity index (χ1) is 8.69. The molecule has 3 nitrogen and oxygen atoms in total. The minimum atomic E-state index is -0.223. The maximum atomic E-state index is 12.8. The Morgan fingerprint density at radius 3 is 2.28 bits per heavy atom. The van der Waals surface area contributed by atoms with Gasteiger partial charge in [-0.2, -0.15) is 0 Å². The smallest absolute Gasteiger partial charge is 0.225 e. The lowest BCUT2D eigenvalue weighted by molar-refractivity contribution is 0.627. The van der Waals surface area contributed by atoms with Crippen LogP contribution >= 0.6 is 15.9 Å². The lowest BCUT2D eigenvalue weighted by atomic mass is 10.2.